The predicted molar refractivity (Wildman–Crippen MR) is 94.9 cm³/mol. The molecule has 7 nitrogen and oxygen atoms in total. The van der Waals surface area contributed by atoms with Gasteiger partial charge in [0.2, 0.25) is 0 Å². The molecule has 30 heavy (non-hydrogen) atoms. The Hall–Kier alpha value is -2.13. The Balaban J connectivity index is 0.00000160. The van der Waals surface area contributed by atoms with Gasteiger partial charge in [-0.25, -0.2) is 0 Å². The summed E-state index contributed by atoms with van der Waals surface area (Å²) in [6.07, 6.45) is 0. The van der Waals surface area contributed by atoms with E-state index >= 15 is 0 Å². The van der Waals surface area contributed by atoms with Gasteiger partial charge >= 0.3 is 59.1 Å². The second-order valence-corrected chi connectivity index (χ2v) is 6.15. The average Bonchev–Trinajstić information content (AvgIpc) is 2.65. The fourth-order valence-electron chi connectivity index (χ4n) is 3.21. The van der Waals surface area contributed by atoms with E-state index in [9.17, 15) is 29.7 Å². The number of aromatic hydroxyl groups is 1. The van der Waals surface area contributed by atoms with Gasteiger partial charge in [0.25, 0.3) is 0 Å². The van der Waals surface area contributed by atoms with E-state index in [4.69, 9.17) is 4.42 Å². The molecule has 1 heterocycles. The van der Waals surface area contributed by atoms with Crippen molar-refractivity contribution < 1.29 is 88.4 Å². The SMILES string of the molecule is O=C([O-])c1ccc(-c2c3ccc(=O)cc-3oc3cc(O)ccc23)c(C(=O)[O-])c1.[Na+].[Na+]. The summed E-state index contributed by atoms with van der Waals surface area (Å²) in [6, 6.07) is 11.9. The van der Waals surface area contributed by atoms with Crippen molar-refractivity contribution in [1.29, 1.82) is 0 Å². The summed E-state index contributed by atoms with van der Waals surface area (Å²) in [7, 11) is 0. The smallest absolute Gasteiger partial charge is 0.545 e. The third kappa shape index (κ3) is 4.32. The van der Waals surface area contributed by atoms with Gasteiger partial charge in [0.05, 0.1) is 11.9 Å². The minimum absolute atomic E-state index is 0. The number of carboxylic acid groups (broad SMARTS) is 2. The Bertz CT molecular complexity index is 1310. The van der Waals surface area contributed by atoms with Gasteiger partial charge < -0.3 is 29.3 Å². The van der Waals surface area contributed by atoms with E-state index < -0.39 is 11.9 Å². The molecule has 0 radical (unpaired) electrons. The normalized spacial score (nSPS) is 10.3. The Morgan fingerprint density at radius 2 is 1.53 bits per heavy atom. The molecule has 0 bridgehead atoms. The molecule has 0 unspecified atom stereocenters. The van der Waals surface area contributed by atoms with Crippen LogP contribution in [0.3, 0.4) is 0 Å². The van der Waals surface area contributed by atoms with Crippen LogP contribution in [-0.2, 0) is 0 Å². The molecule has 1 aliphatic carbocycles. The Kier molecular flexibility index (Phi) is 7.52. The number of phenolic OH excluding ortho intramolecular Hbond substituents is 1. The van der Waals surface area contributed by atoms with Crippen LogP contribution in [0.4, 0.5) is 0 Å². The number of phenols is 1. The van der Waals surface area contributed by atoms with Crippen LogP contribution in [0.5, 0.6) is 5.75 Å². The van der Waals surface area contributed by atoms with Crippen molar-refractivity contribution in [3.05, 3.63) is 75.9 Å². The summed E-state index contributed by atoms with van der Waals surface area (Å²) < 4.78 is 5.71. The minimum atomic E-state index is -1.57. The number of rotatable bonds is 3. The van der Waals surface area contributed by atoms with Crippen molar-refractivity contribution in [1.82, 2.24) is 0 Å². The van der Waals surface area contributed by atoms with Gasteiger partial charge in [-0.3, -0.25) is 4.79 Å². The molecule has 2 aliphatic rings. The summed E-state index contributed by atoms with van der Waals surface area (Å²) in [5.74, 6) is -2.98. The third-order valence-electron chi connectivity index (χ3n) is 4.42. The Morgan fingerprint density at radius 3 is 2.20 bits per heavy atom. The molecule has 2 aromatic carbocycles. The Morgan fingerprint density at radius 1 is 0.833 bits per heavy atom. The van der Waals surface area contributed by atoms with E-state index in [0.717, 1.165) is 6.07 Å². The van der Waals surface area contributed by atoms with Gasteiger partial charge in [-0.15, -0.1) is 0 Å². The number of aromatic carboxylic acids is 2. The first-order valence-electron chi connectivity index (χ1n) is 8.12. The number of carboxylic acids is 2. The van der Waals surface area contributed by atoms with Crippen molar-refractivity contribution in [3.63, 3.8) is 0 Å². The van der Waals surface area contributed by atoms with Gasteiger partial charge in [-0.2, -0.15) is 0 Å². The van der Waals surface area contributed by atoms with Crippen LogP contribution in [0.15, 0.2) is 63.8 Å². The first-order valence-corrected chi connectivity index (χ1v) is 8.12. The molecule has 138 valence electrons. The number of benzene rings is 3. The zero-order valence-electron chi connectivity index (χ0n) is 16.1. The van der Waals surface area contributed by atoms with E-state index in [1.165, 1.54) is 42.5 Å². The van der Waals surface area contributed by atoms with Crippen LogP contribution in [0, 0.1) is 0 Å². The molecule has 0 atom stereocenters. The van der Waals surface area contributed by atoms with Crippen LogP contribution >= 0.6 is 0 Å². The Labute approximate surface area is 213 Å². The second-order valence-electron chi connectivity index (χ2n) is 6.15. The first kappa shape index (κ1) is 24.1. The number of hydrogen-bond donors (Lipinski definition) is 1. The molecule has 2 aromatic rings. The maximum atomic E-state index is 11.7. The van der Waals surface area contributed by atoms with Crippen LogP contribution < -0.4 is 74.8 Å². The number of hydrogen-bond acceptors (Lipinski definition) is 7. The van der Waals surface area contributed by atoms with E-state index in [2.05, 4.69) is 0 Å². The zero-order chi connectivity index (χ0) is 20.0. The molecule has 0 aromatic heterocycles. The predicted octanol–water partition coefficient (Wildman–Crippen LogP) is -4.99. The number of carbonyl (C=O) groups excluding carboxylic acids is 2. The number of carbonyl (C=O) groups is 2. The van der Waals surface area contributed by atoms with Crippen LogP contribution in [0.2, 0.25) is 0 Å². The maximum absolute atomic E-state index is 11.7. The quantitative estimate of drug-likeness (QED) is 0.259. The molecule has 0 fully saturated rings. The third-order valence-corrected chi connectivity index (χ3v) is 4.42. The van der Waals surface area contributed by atoms with Crippen molar-refractivity contribution in [3.8, 4) is 28.2 Å². The fraction of sp³-hybridized carbons (Fsp3) is 0. The van der Waals surface area contributed by atoms with Gasteiger partial charge in [-0.05, 0) is 41.5 Å². The molecule has 1 N–H and O–H groups in total. The van der Waals surface area contributed by atoms with Crippen molar-refractivity contribution in [2.75, 3.05) is 0 Å². The van der Waals surface area contributed by atoms with Gasteiger partial charge in [0.1, 0.15) is 17.1 Å². The summed E-state index contributed by atoms with van der Waals surface area (Å²) in [6.45, 7) is 0. The minimum Gasteiger partial charge on any atom is -0.545 e. The fourth-order valence-corrected chi connectivity index (χ4v) is 3.21. The average molecular weight is 420 g/mol. The molecule has 0 amide bonds. The number of fused-ring (bicyclic) bond motifs is 2. The molecular formula is C21H10Na2O7. The second kappa shape index (κ2) is 9.34. The van der Waals surface area contributed by atoms with Gasteiger partial charge in [0.15, 0.2) is 5.43 Å². The van der Waals surface area contributed by atoms with E-state index in [1.54, 1.807) is 6.07 Å². The van der Waals surface area contributed by atoms with E-state index in [0.29, 0.717) is 16.5 Å². The summed E-state index contributed by atoms with van der Waals surface area (Å²) in [4.78, 5) is 34.6. The molecule has 0 saturated heterocycles. The molecule has 0 spiro atoms. The van der Waals surface area contributed by atoms with Crippen LogP contribution in [0.1, 0.15) is 20.7 Å². The van der Waals surface area contributed by atoms with Crippen LogP contribution in [-0.4, -0.2) is 17.0 Å². The summed E-state index contributed by atoms with van der Waals surface area (Å²) >= 11 is 0. The monoisotopic (exact) mass is 420 g/mol. The largest absolute Gasteiger partial charge is 1.00 e. The zero-order valence-corrected chi connectivity index (χ0v) is 20.1. The van der Waals surface area contributed by atoms with Crippen molar-refractivity contribution >= 4 is 22.9 Å². The first-order chi connectivity index (χ1) is 13.3. The van der Waals surface area contributed by atoms with Crippen molar-refractivity contribution in [2.45, 2.75) is 0 Å². The molecule has 4 rings (SSSR count). The van der Waals surface area contributed by atoms with Gasteiger partial charge in [-0.1, -0.05) is 12.1 Å². The van der Waals surface area contributed by atoms with Crippen LogP contribution in [0.25, 0.3) is 33.4 Å². The molecule has 1 aliphatic heterocycles. The van der Waals surface area contributed by atoms with E-state index in [-0.39, 0.29) is 98.3 Å². The maximum Gasteiger partial charge on any atom is 1.00 e. The topological polar surface area (TPSA) is 131 Å². The van der Waals surface area contributed by atoms with Crippen molar-refractivity contribution in [2.24, 2.45) is 0 Å². The van der Waals surface area contributed by atoms with Gasteiger partial charge in [0, 0.05) is 34.2 Å². The standard InChI is InChI=1S/C21H12O7.2Na/c22-11-2-5-14-17(8-11)28-18-9-12(23)3-6-15(18)19(14)13-4-1-10(20(24)25)7-16(13)21(26)27;;/h1-9,22H,(H,24,25)(H,26,27);;/q;2*+1/p-2. The molecule has 9 heteroatoms. The molecule has 0 saturated carbocycles. The summed E-state index contributed by atoms with van der Waals surface area (Å²) in [5, 5.41) is 33.1. The summed E-state index contributed by atoms with van der Waals surface area (Å²) in [5.41, 5.74) is 0.281. The van der Waals surface area contributed by atoms with E-state index in [1.807, 2.05) is 0 Å². The molecular weight excluding hydrogens is 410 g/mol.